The standard InChI is InChI=1S/C20H29N5O3/c1-21-20(22-8-7-15-11-17(26-3)5-6-18(15)27-4)25-9-10-28-19(14-25)16-12-23-24(2)13-16/h5-6,11-13,19H,7-10,14H2,1-4H3,(H,21,22). The van der Waals surface area contributed by atoms with Crippen LogP contribution in [0, 0.1) is 0 Å². The molecule has 28 heavy (non-hydrogen) atoms. The van der Waals surface area contributed by atoms with Gasteiger partial charge in [-0.15, -0.1) is 0 Å². The highest BCUT2D eigenvalue weighted by Crippen LogP contribution is 2.24. The number of guanidine groups is 1. The van der Waals surface area contributed by atoms with E-state index < -0.39 is 0 Å². The Morgan fingerprint density at radius 1 is 1.36 bits per heavy atom. The Labute approximate surface area is 166 Å². The monoisotopic (exact) mass is 387 g/mol. The summed E-state index contributed by atoms with van der Waals surface area (Å²) in [5.41, 5.74) is 2.18. The molecule has 2 heterocycles. The molecular weight excluding hydrogens is 358 g/mol. The van der Waals surface area contributed by atoms with Crippen molar-refractivity contribution in [1.82, 2.24) is 20.0 Å². The van der Waals surface area contributed by atoms with Gasteiger partial charge in [-0.25, -0.2) is 0 Å². The molecule has 0 amide bonds. The van der Waals surface area contributed by atoms with Crippen LogP contribution in [0.5, 0.6) is 11.5 Å². The Balaban J connectivity index is 1.59. The van der Waals surface area contributed by atoms with Crippen molar-refractivity contribution in [3.8, 4) is 11.5 Å². The van der Waals surface area contributed by atoms with Gasteiger partial charge in [-0.1, -0.05) is 0 Å². The van der Waals surface area contributed by atoms with Crippen molar-refractivity contribution in [3.63, 3.8) is 0 Å². The predicted octanol–water partition coefficient (Wildman–Crippen LogP) is 1.63. The summed E-state index contributed by atoms with van der Waals surface area (Å²) in [4.78, 5) is 6.68. The van der Waals surface area contributed by atoms with Gasteiger partial charge in [-0.3, -0.25) is 9.67 Å². The van der Waals surface area contributed by atoms with E-state index >= 15 is 0 Å². The molecule has 0 spiro atoms. The SMILES string of the molecule is CN=C(NCCc1cc(OC)ccc1OC)N1CCOC(c2cnn(C)c2)C1. The molecule has 0 aliphatic carbocycles. The van der Waals surface area contributed by atoms with E-state index in [0.29, 0.717) is 6.61 Å². The van der Waals surface area contributed by atoms with Crippen molar-refractivity contribution in [3.05, 3.63) is 41.7 Å². The van der Waals surface area contributed by atoms with E-state index in [-0.39, 0.29) is 6.10 Å². The summed E-state index contributed by atoms with van der Waals surface area (Å²) in [5.74, 6) is 2.56. The number of hydrogen-bond acceptors (Lipinski definition) is 5. The molecule has 1 aromatic carbocycles. The zero-order chi connectivity index (χ0) is 19.9. The number of aromatic nitrogens is 2. The summed E-state index contributed by atoms with van der Waals surface area (Å²) in [5, 5.41) is 7.70. The van der Waals surface area contributed by atoms with E-state index in [1.165, 1.54) is 0 Å². The number of rotatable bonds is 6. The zero-order valence-corrected chi connectivity index (χ0v) is 17.0. The predicted molar refractivity (Wildman–Crippen MR) is 108 cm³/mol. The van der Waals surface area contributed by atoms with Crippen LogP contribution in [0.2, 0.25) is 0 Å². The van der Waals surface area contributed by atoms with Crippen molar-refractivity contribution in [2.24, 2.45) is 12.0 Å². The molecule has 1 saturated heterocycles. The van der Waals surface area contributed by atoms with Gasteiger partial charge in [0.25, 0.3) is 0 Å². The summed E-state index contributed by atoms with van der Waals surface area (Å²) in [6.07, 6.45) is 4.66. The lowest BCUT2D eigenvalue weighted by Crippen LogP contribution is -2.48. The third-order valence-electron chi connectivity index (χ3n) is 4.84. The second-order valence-corrected chi connectivity index (χ2v) is 6.65. The third kappa shape index (κ3) is 4.75. The molecular formula is C20H29N5O3. The molecule has 1 fully saturated rings. The molecule has 8 heteroatoms. The number of aryl methyl sites for hydroxylation is 1. The molecule has 0 radical (unpaired) electrons. The highest BCUT2D eigenvalue weighted by molar-refractivity contribution is 5.80. The Morgan fingerprint density at radius 2 is 2.21 bits per heavy atom. The van der Waals surface area contributed by atoms with Gasteiger partial charge < -0.3 is 24.4 Å². The topological polar surface area (TPSA) is 73.1 Å². The molecule has 1 aliphatic rings. The van der Waals surface area contributed by atoms with Gasteiger partial charge in [-0.05, 0) is 30.2 Å². The van der Waals surface area contributed by atoms with Crippen LogP contribution in [0.4, 0.5) is 0 Å². The molecule has 1 aliphatic heterocycles. The normalized spacial score (nSPS) is 17.5. The van der Waals surface area contributed by atoms with E-state index in [0.717, 1.165) is 54.6 Å². The zero-order valence-electron chi connectivity index (χ0n) is 17.0. The van der Waals surface area contributed by atoms with Crippen LogP contribution in [-0.4, -0.2) is 68.1 Å². The quantitative estimate of drug-likeness (QED) is 0.600. The van der Waals surface area contributed by atoms with Crippen LogP contribution in [0.1, 0.15) is 17.2 Å². The number of aliphatic imine (C=N–C) groups is 1. The van der Waals surface area contributed by atoms with Crippen molar-refractivity contribution in [2.45, 2.75) is 12.5 Å². The number of morpholine rings is 1. The van der Waals surface area contributed by atoms with E-state index in [9.17, 15) is 0 Å². The van der Waals surface area contributed by atoms with Crippen LogP contribution >= 0.6 is 0 Å². The molecule has 1 atom stereocenters. The maximum absolute atomic E-state index is 5.92. The van der Waals surface area contributed by atoms with E-state index in [1.54, 1.807) is 18.9 Å². The fourth-order valence-corrected chi connectivity index (χ4v) is 3.37. The Hall–Kier alpha value is -2.74. The van der Waals surface area contributed by atoms with Crippen LogP contribution in [-0.2, 0) is 18.2 Å². The Morgan fingerprint density at radius 3 is 2.89 bits per heavy atom. The van der Waals surface area contributed by atoms with E-state index in [2.05, 4.69) is 20.3 Å². The summed E-state index contributed by atoms with van der Waals surface area (Å²) < 4.78 is 18.5. The Bertz CT molecular complexity index is 805. The first-order chi connectivity index (χ1) is 13.6. The summed E-state index contributed by atoms with van der Waals surface area (Å²) in [6.45, 7) is 2.95. The van der Waals surface area contributed by atoms with Gasteiger partial charge in [0, 0.05) is 38.9 Å². The number of ether oxygens (including phenoxy) is 3. The molecule has 0 saturated carbocycles. The van der Waals surface area contributed by atoms with Crippen molar-refractivity contribution in [1.29, 1.82) is 0 Å². The maximum Gasteiger partial charge on any atom is 0.193 e. The minimum Gasteiger partial charge on any atom is -0.497 e. The van der Waals surface area contributed by atoms with Gasteiger partial charge in [-0.2, -0.15) is 5.10 Å². The highest BCUT2D eigenvalue weighted by Gasteiger charge is 2.25. The van der Waals surface area contributed by atoms with Gasteiger partial charge in [0.2, 0.25) is 0 Å². The minimum atomic E-state index is -0.000483. The van der Waals surface area contributed by atoms with Crippen molar-refractivity contribution in [2.75, 3.05) is 47.5 Å². The number of hydrogen-bond donors (Lipinski definition) is 1. The van der Waals surface area contributed by atoms with Gasteiger partial charge in [0.05, 0.1) is 33.6 Å². The lowest BCUT2D eigenvalue weighted by molar-refractivity contribution is -0.00800. The molecule has 3 rings (SSSR count). The largest absolute Gasteiger partial charge is 0.497 e. The molecule has 1 aromatic heterocycles. The lowest BCUT2D eigenvalue weighted by atomic mass is 10.1. The van der Waals surface area contributed by atoms with E-state index in [4.69, 9.17) is 14.2 Å². The van der Waals surface area contributed by atoms with Crippen LogP contribution < -0.4 is 14.8 Å². The van der Waals surface area contributed by atoms with E-state index in [1.807, 2.05) is 44.7 Å². The lowest BCUT2D eigenvalue weighted by Gasteiger charge is -2.34. The summed E-state index contributed by atoms with van der Waals surface area (Å²) >= 11 is 0. The number of nitrogens with zero attached hydrogens (tertiary/aromatic N) is 4. The van der Waals surface area contributed by atoms with Crippen molar-refractivity contribution < 1.29 is 14.2 Å². The van der Waals surface area contributed by atoms with Gasteiger partial charge in [0.1, 0.15) is 17.6 Å². The fraction of sp³-hybridized carbons (Fsp3) is 0.500. The number of methoxy groups -OCH3 is 2. The maximum atomic E-state index is 5.92. The molecule has 2 aromatic rings. The summed E-state index contributed by atoms with van der Waals surface area (Å²) in [7, 11) is 7.08. The Kier molecular flexibility index (Phi) is 6.76. The molecule has 0 bridgehead atoms. The third-order valence-corrected chi connectivity index (χ3v) is 4.84. The van der Waals surface area contributed by atoms with Crippen molar-refractivity contribution >= 4 is 5.96 Å². The van der Waals surface area contributed by atoms with Gasteiger partial charge in [0.15, 0.2) is 5.96 Å². The van der Waals surface area contributed by atoms with Gasteiger partial charge >= 0.3 is 0 Å². The summed E-state index contributed by atoms with van der Waals surface area (Å²) in [6, 6.07) is 5.85. The molecule has 1 unspecified atom stereocenters. The first-order valence-corrected chi connectivity index (χ1v) is 9.41. The first-order valence-electron chi connectivity index (χ1n) is 9.41. The molecule has 1 N–H and O–H groups in total. The number of nitrogens with one attached hydrogen (secondary N) is 1. The number of benzene rings is 1. The second kappa shape index (κ2) is 9.45. The van der Waals surface area contributed by atoms with Crippen LogP contribution in [0.15, 0.2) is 35.6 Å². The average molecular weight is 387 g/mol. The van der Waals surface area contributed by atoms with Crippen LogP contribution in [0.3, 0.4) is 0 Å². The first kappa shape index (κ1) is 20.0. The minimum absolute atomic E-state index is 0.000483. The fourth-order valence-electron chi connectivity index (χ4n) is 3.37. The average Bonchev–Trinajstić information content (AvgIpc) is 3.17. The van der Waals surface area contributed by atoms with Crippen LogP contribution in [0.25, 0.3) is 0 Å². The molecule has 152 valence electrons. The molecule has 8 nitrogen and oxygen atoms in total. The smallest absolute Gasteiger partial charge is 0.193 e. The highest BCUT2D eigenvalue weighted by atomic mass is 16.5. The second-order valence-electron chi connectivity index (χ2n) is 6.65.